The number of carboxylic acids is 1. The number of hydrogen-bond acceptors (Lipinski definition) is 4. The Balaban J connectivity index is 2.16. The van der Waals surface area contributed by atoms with E-state index in [9.17, 15) is 13.2 Å². The lowest BCUT2D eigenvalue weighted by atomic mass is 9.81. The first-order valence-corrected chi connectivity index (χ1v) is 8.13. The Kier molecular flexibility index (Phi) is 4.25. The van der Waals surface area contributed by atoms with E-state index in [0.29, 0.717) is 18.6 Å². The van der Waals surface area contributed by atoms with Crippen LogP contribution in [-0.2, 0) is 14.8 Å². The zero-order valence-corrected chi connectivity index (χ0v) is 13.0. The van der Waals surface area contributed by atoms with Crippen LogP contribution in [0, 0.1) is 19.8 Å². The zero-order chi connectivity index (χ0) is 15.8. The molecule has 6 nitrogen and oxygen atoms in total. The average Bonchev–Trinajstić information content (AvgIpc) is 2.32. The van der Waals surface area contributed by atoms with Crippen molar-refractivity contribution in [3.63, 3.8) is 0 Å². The molecule has 0 amide bonds. The molecular formula is C14H19NO5S. The number of hydrogen-bond donors (Lipinski definition) is 2. The third-order valence-corrected chi connectivity index (χ3v) is 5.26. The van der Waals surface area contributed by atoms with Crippen LogP contribution in [0.25, 0.3) is 0 Å². The predicted octanol–water partition coefficient (Wildman–Crippen LogP) is 1.45. The SMILES string of the molecule is COc1c(C)cc(S(=O)(=O)NC2CC(C(=O)O)C2)cc1C. The molecule has 7 heteroatoms. The molecule has 1 aromatic rings. The second-order valence-corrected chi connectivity index (χ2v) is 7.13. The normalized spacial score (nSPS) is 21.7. The van der Waals surface area contributed by atoms with Gasteiger partial charge in [0.1, 0.15) is 5.75 Å². The minimum atomic E-state index is -3.64. The first-order chi connectivity index (χ1) is 9.74. The Labute approximate surface area is 124 Å². The standard InChI is InChI=1S/C14H19NO5S/c1-8-4-12(5-9(2)13(8)20-3)21(18,19)15-11-6-10(7-11)14(16)17/h4-5,10-11,15H,6-7H2,1-3H3,(H,16,17). The predicted molar refractivity (Wildman–Crippen MR) is 76.9 cm³/mol. The molecule has 2 N–H and O–H groups in total. The highest BCUT2D eigenvalue weighted by molar-refractivity contribution is 7.89. The van der Waals surface area contributed by atoms with Crippen LogP contribution in [0.4, 0.5) is 0 Å². The van der Waals surface area contributed by atoms with Crippen LogP contribution >= 0.6 is 0 Å². The highest BCUT2D eigenvalue weighted by Crippen LogP contribution is 2.30. The maximum atomic E-state index is 12.3. The molecule has 1 aliphatic carbocycles. The lowest BCUT2D eigenvalue weighted by molar-refractivity contribution is -0.145. The summed E-state index contributed by atoms with van der Waals surface area (Å²) in [5.41, 5.74) is 1.49. The summed E-state index contributed by atoms with van der Waals surface area (Å²) in [6.45, 7) is 3.57. The lowest BCUT2D eigenvalue weighted by Crippen LogP contribution is -2.46. The highest BCUT2D eigenvalue weighted by atomic mass is 32.2. The molecular weight excluding hydrogens is 294 g/mol. The maximum Gasteiger partial charge on any atom is 0.306 e. The molecule has 0 radical (unpaired) electrons. The number of methoxy groups -OCH3 is 1. The van der Waals surface area contributed by atoms with E-state index in [-0.39, 0.29) is 10.9 Å². The molecule has 0 aromatic heterocycles. The number of ether oxygens (including phenoxy) is 1. The van der Waals surface area contributed by atoms with Crippen molar-refractivity contribution in [2.24, 2.45) is 5.92 Å². The Morgan fingerprint density at radius 3 is 2.24 bits per heavy atom. The van der Waals surface area contributed by atoms with Gasteiger partial charge in [0.2, 0.25) is 10.0 Å². The molecule has 2 rings (SSSR count). The molecule has 116 valence electrons. The zero-order valence-electron chi connectivity index (χ0n) is 12.2. The van der Waals surface area contributed by atoms with Gasteiger partial charge in [0.25, 0.3) is 0 Å². The summed E-state index contributed by atoms with van der Waals surface area (Å²) in [6.07, 6.45) is 0.672. The van der Waals surface area contributed by atoms with Gasteiger partial charge in [0.15, 0.2) is 0 Å². The Morgan fingerprint density at radius 2 is 1.81 bits per heavy atom. The topological polar surface area (TPSA) is 92.7 Å². The van der Waals surface area contributed by atoms with E-state index in [2.05, 4.69) is 4.72 Å². The molecule has 1 aromatic carbocycles. The van der Waals surface area contributed by atoms with E-state index < -0.39 is 21.9 Å². The summed E-state index contributed by atoms with van der Waals surface area (Å²) in [7, 11) is -2.09. The summed E-state index contributed by atoms with van der Waals surface area (Å²) < 4.78 is 32.4. The minimum absolute atomic E-state index is 0.178. The van der Waals surface area contributed by atoms with E-state index in [0.717, 1.165) is 11.1 Å². The van der Waals surface area contributed by atoms with Crippen molar-refractivity contribution in [3.8, 4) is 5.75 Å². The van der Waals surface area contributed by atoms with Crippen molar-refractivity contribution >= 4 is 16.0 Å². The molecule has 0 unspecified atom stereocenters. The fraction of sp³-hybridized carbons (Fsp3) is 0.500. The maximum absolute atomic E-state index is 12.3. The van der Waals surface area contributed by atoms with Crippen molar-refractivity contribution in [2.45, 2.75) is 37.6 Å². The lowest BCUT2D eigenvalue weighted by Gasteiger charge is -2.32. The van der Waals surface area contributed by atoms with Crippen LogP contribution in [0.1, 0.15) is 24.0 Å². The monoisotopic (exact) mass is 313 g/mol. The second kappa shape index (κ2) is 5.65. The summed E-state index contributed by atoms with van der Waals surface area (Å²) >= 11 is 0. The third-order valence-electron chi connectivity index (χ3n) is 3.76. The molecule has 0 saturated heterocycles. The molecule has 1 fully saturated rings. The van der Waals surface area contributed by atoms with Gasteiger partial charge in [0, 0.05) is 6.04 Å². The van der Waals surface area contributed by atoms with E-state index in [1.807, 2.05) is 0 Å². The molecule has 0 atom stereocenters. The van der Waals surface area contributed by atoms with E-state index in [4.69, 9.17) is 9.84 Å². The summed E-state index contributed by atoms with van der Waals surface area (Å²) in [5, 5.41) is 8.81. The fourth-order valence-electron chi connectivity index (χ4n) is 2.59. The Morgan fingerprint density at radius 1 is 1.29 bits per heavy atom. The number of carboxylic acid groups (broad SMARTS) is 1. The number of aryl methyl sites for hydroxylation is 2. The van der Waals surface area contributed by atoms with E-state index in [1.165, 1.54) is 0 Å². The quantitative estimate of drug-likeness (QED) is 0.858. The van der Waals surface area contributed by atoms with Crippen LogP contribution in [0.3, 0.4) is 0 Å². The molecule has 1 aliphatic rings. The Bertz CT molecular complexity index is 639. The average molecular weight is 313 g/mol. The smallest absolute Gasteiger partial charge is 0.306 e. The number of rotatable bonds is 5. The first kappa shape index (κ1) is 15.8. The summed E-state index contributed by atoms with van der Waals surface area (Å²) in [6, 6.07) is 2.81. The summed E-state index contributed by atoms with van der Waals surface area (Å²) in [5.74, 6) is -0.651. The fourth-order valence-corrected chi connectivity index (χ4v) is 4.02. The van der Waals surface area contributed by atoms with Gasteiger partial charge in [-0.05, 0) is 49.9 Å². The van der Waals surface area contributed by atoms with Crippen LogP contribution in [0.2, 0.25) is 0 Å². The van der Waals surface area contributed by atoms with E-state index in [1.54, 1.807) is 33.1 Å². The molecule has 21 heavy (non-hydrogen) atoms. The van der Waals surface area contributed by atoms with Gasteiger partial charge in [-0.2, -0.15) is 0 Å². The molecule has 0 aliphatic heterocycles. The van der Waals surface area contributed by atoms with Crippen LogP contribution in [0.5, 0.6) is 5.75 Å². The van der Waals surface area contributed by atoms with Crippen LogP contribution in [0.15, 0.2) is 17.0 Å². The number of aliphatic carboxylic acids is 1. The van der Waals surface area contributed by atoms with E-state index >= 15 is 0 Å². The molecule has 0 bridgehead atoms. The van der Waals surface area contributed by atoms with Gasteiger partial charge in [-0.15, -0.1) is 0 Å². The van der Waals surface area contributed by atoms with Gasteiger partial charge < -0.3 is 9.84 Å². The minimum Gasteiger partial charge on any atom is -0.496 e. The van der Waals surface area contributed by atoms with Gasteiger partial charge in [-0.3, -0.25) is 4.79 Å². The first-order valence-electron chi connectivity index (χ1n) is 6.65. The number of carbonyl (C=O) groups is 1. The number of nitrogens with one attached hydrogen (secondary N) is 1. The van der Waals surface area contributed by atoms with Crippen molar-refractivity contribution < 1.29 is 23.1 Å². The number of benzene rings is 1. The molecule has 0 spiro atoms. The van der Waals surface area contributed by atoms with Gasteiger partial charge in [-0.1, -0.05) is 0 Å². The Hall–Kier alpha value is -1.60. The van der Waals surface area contributed by atoms with Crippen molar-refractivity contribution in [2.75, 3.05) is 7.11 Å². The largest absolute Gasteiger partial charge is 0.496 e. The van der Waals surface area contributed by atoms with Gasteiger partial charge in [0.05, 0.1) is 17.9 Å². The van der Waals surface area contributed by atoms with Crippen molar-refractivity contribution in [3.05, 3.63) is 23.3 Å². The highest BCUT2D eigenvalue weighted by Gasteiger charge is 2.37. The molecule has 0 heterocycles. The number of sulfonamides is 1. The van der Waals surface area contributed by atoms with Crippen LogP contribution < -0.4 is 9.46 Å². The summed E-state index contributed by atoms with van der Waals surface area (Å²) in [4.78, 5) is 10.9. The van der Waals surface area contributed by atoms with Gasteiger partial charge in [-0.25, -0.2) is 13.1 Å². The molecule has 1 saturated carbocycles. The third kappa shape index (κ3) is 3.19. The van der Waals surface area contributed by atoms with Crippen molar-refractivity contribution in [1.82, 2.24) is 4.72 Å². The van der Waals surface area contributed by atoms with Gasteiger partial charge >= 0.3 is 5.97 Å². The van der Waals surface area contributed by atoms with Crippen LogP contribution in [-0.4, -0.2) is 32.6 Å². The second-order valence-electron chi connectivity index (χ2n) is 5.42. The van der Waals surface area contributed by atoms with Crippen molar-refractivity contribution in [1.29, 1.82) is 0 Å².